The molecule has 78 valence electrons. The first-order chi connectivity index (χ1) is 7.92. The SMILES string of the molecule is c1ccc(Nc2ccc3scnc3c2)cc1. The normalized spacial score (nSPS) is 10.5. The topological polar surface area (TPSA) is 24.9 Å². The number of nitrogens with one attached hydrogen (secondary N) is 1. The minimum Gasteiger partial charge on any atom is -0.355 e. The van der Waals surface area contributed by atoms with E-state index in [1.807, 2.05) is 35.8 Å². The monoisotopic (exact) mass is 226 g/mol. The van der Waals surface area contributed by atoms with Crippen molar-refractivity contribution in [3.8, 4) is 0 Å². The molecule has 0 radical (unpaired) electrons. The van der Waals surface area contributed by atoms with Gasteiger partial charge in [0.2, 0.25) is 0 Å². The van der Waals surface area contributed by atoms with E-state index in [4.69, 9.17) is 0 Å². The summed E-state index contributed by atoms with van der Waals surface area (Å²) in [7, 11) is 0. The molecule has 0 saturated carbocycles. The highest BCUT2D eigenvalue weighted by Gasteiger charge is 1.98. The summed E-state index contributed by atoms with van der Waals surface area (Å²) in [4.78, 5) is 4.30. The zero-order chi connectivity index (χ0) is 10.8. The average Bonchev–Trinajstić information content (AvgIpc) is 2.77. The number of aromatic nitrogens is 1. The van der Waals surface area contributed by atoms with Gasteiger partial charge in [-0.1, -0.05) is 18.2 Å². The summed E-state index contributed by atoms with van der Waals surface area (Å²) >= 11 is 1.66. The lowest BCUT2D eigenvalue weighted by atomic mass is 10.2. The van der Waals surface area contributed by atoms with Crippen LogP contribution in [0, 0.1) is 0 Å². The van der Waals surface area contributed by atoms with E-state index in [0.717, 1.165) is 16.9 Å². The quantitative estimate of drug-likeness (QED) is 0.713. The van der Waals surface area contributed by atoms with Gasteiger partial charge < -0.3 is 5.32 Å². The van der Waals surface area contributed by atoms with Crippen LogP contribution in [-0.2, 0) is 0 Å². The molecular weight excluding hydrogens is 216 g/mol. The van der Waals surface area contributed by atoms with Gasteiger partial charge in [0.25, 0.3) is 0 Å². The molecule has 2 aromatic carbocycles. The number of thiazole rings is 1. The van der Waals surface area contributed by atoms with Gasteiger partial charge >= 0.3 is 0 Å². The van der Waals surface area contributed by atoms with Crippen molar-refractivity contribution in [2.24, 2.45) is 0 Å². The van der Waals surface area contributed by atoms with Gasteiger partial charge in [-0.15, -0.1) is 11.3 Å². The third kappa shape index (κ3) is 1.77. The van der Waals surface area contributed by atoms with Crippen LogP contribution in [0.3, 0.4) is 0 Å². The van der Waals surface area contributed by atoms with Crippen LogP contribution >= 0.6 is 11.3 Å². The first-order valence-corrected chi connectivity index (χ1v) is 5.95. The number of anilines is 2. The van der Waals surface area contributed by atoms with Gasteiger partial charge in [0.15, 0.2) is 0 Å². The molecule has 0 spiro atoms. The Bertz CT molecular complexity index is 601. The largest absolute Gasteiger partial charge is 0.355 e. The van der Waals surface area contributed by atoms with Crippen molar-refractivity contribution in [1.29, 1.82) is 0 Å². The second kappa shape index (κ2) is 3.94. The van der Waals surface area contributed by atoms with E-state index in [2.05, 4.69) is 28.5 Å². The van der Waals surface area contributed by atoms with E-state index < -0.39 is 0 Å². The molecule has 0 fully saturated rings. The highest BCUT2D eigenvalue weighted by molar-refractivity contribution is 7.16. The number of para-hydroxylation sites is 1. The molecule has 3 aromatic rings. The number of benzene rings is 2. The maximum Gasteiger partial charge on any atom is 0.0832 e. The molecule has 0 aliphatic heterocycles. The molecule has 0 aliphatic carbocycles. The van der Waals surface area contributed by atoms with Gasteiger partial charge in [0, 0.05) is 11.4 Å². The van der Waals surface area contributed by atoms with Crippen LogP contribution in [0.4, 0.5) is 11.4 Å². The molecule has 1 aromatic heterocycles. The number of nitrogens with zero attached hydrogens (tertiary/aromatic N) is 1. The van der Waals surface area contributed by atoms with Gasteiger partial charge in [-0.25, -0.2) is 4.98 Å². The first kappa shape index (κ1) is 9.36. The smallest absolute Gasteiger partial charge is 0.0832 e. The van der Waals surface area contributed by atoms with Crippen LogP contribution in [0.25, 0.3) is 10.2 Å². The molecule has 1 N–H and O–H groups in total. The van der Waals surface area contributed by atoms with Crippen molar-refractivity contribution >= 4 is 32.9 Å². The van der Waals surface area contributed by atoms with Gasteiger partial charge in [-0.2, -0.15) is 0 Å². The van der Waals surface area contributed by atoms with Gasteiger partial charge in [-0.3, -0.25) is 0 Å². The van der Waals surface area contributed by atoms with Crippen molar-refractivity contribution in [2.45, 2.75) is 0 Å². The zero-order valence-electron chi connectivity index (χ0n) is 8.55. The molecule has 3 rings (SSSR count). The molecule has 0 atom stereocenters. The Morgan fingerprint density at radius 3 is 2.69 bits per heavy atom. The summed E-state index contributed by atoms with van der Waals surface area (Å²) in [6, 6.07) is 16.4. The summed E-state index contributed by atoms with van der Waals surface area (Å²) in [6.07, 6.45) is 0. The average molecular weight is 226 g/mol. The van der Waals surface area contributed by atoms with Crippen LogP contribution in [0.5, 0.6) is 0 Å². The minimum absolute atomic E-state index is 1.05. The van der Waals surface area contributed by atoms with E-state index in [1.165, 1.54) is 4.70 Å². The Morgan fingerprint density at radius 1 is 0.938 bits per heavy atom. The molecule has 16 heavy (non-hydrogen) atoms. The number of hydrogen-bond donors (Lipinski definition) is 1. The summed E-state index contributed by atoms with van der Waals surface area (Å²) in [5.74, 6) is 0. The fraction of sp³-hybridized carbons (Fsp3) is 0. The number of rotatable bonds is 2. The van der Waals surface area contributed by atoms with Crippen molar-refractivity contribution in [3.63, 3.8) is 0 Å². The molecule has 3 heteroatoms. The van der Waals surface area contributed by atoms with Gasteiger partial charge in [0.1, 0.15) is 0 Å². The molecule has 0 bridgehead atoms. The van der Waals surface area contributed by atoms with Crippen LogP contribution in [0.15, 0.2) is 54.0 Å². The van der Waals surface area contributed by atoms with Crippen LogP contribution < -0.4 is 5.32 Å². The summed E-state index contributed by atoms with van der Waals surface area (Å²) in [6.45, 7) is 0. The summed E-state index contributed by atoms with van der Waals surface area (Å²) in [5.41, 5.74) is 5.09. The molecule has 1 heterocycles. The van der Waals surface area contributed by atoms with E-state index in [1.54, 1.807) is 11.3 Å². The second-order valence-electron chi connectivity index (χ2n) is 3.53. The van der Waals surface area contributed by atoms with Crippen molar-refractivity contribution in [3.05, 3.63) is 54.0 Å². The standard InChI is InChI=1S/C13H10N2S/c1-2-4-10(5-3-1)15-11-6-7-13-12(8-11)14-9-16-13/h1-9,15H. The Hall–Kier alpha value is -1.87. The molecule has 0 saturated heterocycles. The molecular formula is C13H10N2S. The Morgan fingerprint density at radius 2 is 1.81 bits per heavy atom. The highest BCUT2D eigenvalue weighted by Crippen LogP contribution is 2.23. The Labute approximate surface area is 97.6 Å². The minimum atomic E-state index is 1.05. The molecule has 0 amide bonds. The zero-order valence-corrected chi connectivity index (χ0v) is 9.37. The van der Waals surface area contributed by atoms with Crippen molar-refractivity contribution < 1.29 is 0 Å². The lowest BCUT2D eigenvalue weighted by molar-refractivity contribution is 1.49. The van der Waals surface area contributed by atoms with E-state index in [0.29, 0.717) is 0 Å². The maximum atomic E-state index is 4.30. The third-order valence-corrected chi connectivity index (χ3v) is 3.20. The third-order valence-electron chi connectivity index (χ3n) is 2.39. The molecule has 2 nitrogen and oxygen atoms in total. The van der Waals surface area contributed by atoms with E-state index in [-0.39, 0.29) is 0 Å². The van der Waals surface area contributed by atoms with Crippen LogP contribution in [0.1, 0.15) is 0 Å². The van der Waals surface area contributed by atoms with Crippen LogP contribution in [0.2, 0.25) is 0 Å². The van der Waals surface area contributed by atoms with E-state index in [9.17, 15) is 0 Å². The Kier molecular flexibility index (Phi) is 2.31. The number of hydrogen-bond acceptors (Lipinski definition) is 3. The van der Waals surface area contributed by atoms with Gasteiger partial charge in [-0.05, 0) is 30.3 Å². The maximum absolute atomic E-state index is 4.30. The fourth-order valence-corrected chi connectivity index (χ4v) is 2.28. The highest BCUT2D eigenvalue weighted by atomic mass is 32.1. The van der Waals surface area contributed by atoms with Crippen molar-refractivity contribution in [1.82, 2.24) is 4.98 Å². The Balaban J connectivity index is 1.94. The molecule has 0 aliphatic rings. The van der Waals surface area contributed by atoms with E-state index >= 15 is 0 Å². The second-order valence-corrected chi connectivity index (χ2v) is 4.41. The predicted molar refractivity (Wildman–Crippen MR) is 69.3 cm³/mol. The molecule has 0 unspecified atom stereocenters. The number of fused-ring (bicyclic) bond motifs is 1. The fourth-order valence-electron chi connectivity index (χ4n) is 1.62. The van der Waals surface area contributed by atoms with Crippen LogP contribution in [-0.4, -0.2) is 4.98 Å². The summed E-state index contributed by atoms with van der Waals surface area (Å²) in [5, 5.41) is 3.35. The van der Waals surface area contributed by atoms with Gasteiger partial charge in [0.05, 0.1) is 15.7 Å². The predicted octanol–water partition coefficient (Wildman–Crippen LogP) is 4.04. The summed E-state index contributed by atoms with van der Waals surface area (Å²) < 4.78 is 1.22. The lowest BCUT2D eigenvalue weighted by Gasteiger charge is -2.05. The first-order valence-electron chi connectivity index (χ1n) is 5.07. The van der Waals surface area contributed by atoms with Crippen molar-refractivity contribution in [2.75, 3.05) is 5.32 Å². The lowest BCUT2D eigenvalue weighted by Crippen LogP contribution is -1.88.